The molecule has 7 nitrogen and oxygen atoms in total. The highest BCUT2D eigenvalue weighted by Crippen LogP contribution is 2.24. The first-order valence-electron chi connectivity index (χ1n) is 6.81. The molecule has 1 N–H and O–H groups in total. The summed E-state index contributed by atoms with van der Waals surface area (Å²) in [7, 11) is 0. The number of nitrogens with one attached hydrogen (secondary N) is 1. The molecular weight excluding hydrogens is 272 g/mol. The van der Waals surface area contributed by atoms with Gasteiger partial charge in [-0.3, -0.25) is 10.1 Å². The zero-order chi connectivity index (χ0) is 15.2. The lowest BCUT2D eigenvalue weighted by atomic mass is 10.3. The van der Waals surface area contributed by atoms with Gasteiger partial charge in [0, 0.05) is 13.1 Å². The van der Waals surface area contributed by atoms with Gasteiger partial charge in [0.15, 0.2) is 0 Å². The highest BCUT2D eigenvalue weighted by atomic mass is 16.6. The fourth-order valence-corrected chi connectivity index (χ4v) is 1.99. The van der Waals surface area contributed by atoms with Gasteiger partial charge in [-0.15, -0.1) is 0 Å². The van der Waals surface area contributed by atoms with Crippen molar-refractivity contribution in [3.05, 3.63) is 46.4 Å². The molecule has 0 atom stereocenters. The van der Waals surface area contributed by atoms with Crippen LogP contribution in [0.25, 0.3) is 0 Å². The molecule has 0 fully saturated rings. The van der Waals surface area contributed by atoms with E-state index in [4.69, 9.17) is 4.42 Å². The Balaban J connectivity index is 2.32. The summed E-state index contributed by atoms with van der Waals surface area (Å²) in [4.78, 5) is 17.0. The normalized spacial score (nSPS) is 10.4. The highest BCUT2D eigenvalue weighted by molar-refractivity contribution is 5.55. The zero-order valence-electron chi connectivity index (χ0n) is 12.1. The summed E-state index contributed by atoms with van der Waals surface area (Å²) in [5.41, 5.74) is 0.0221. The summed E-state index contributed by atoms with van der Waals surface area (Å²) in [6, 6.07) is 6.60. The molecule has 0 radical (unpaired) electrons. The lowest BCUT2D eigenvalue weighted by molar-refractivity contribution is -0.384. The third kappa shape index (κ3) is 3.71. The summed E-state index contributed by atoms with van der Waals surface area (Å²) in [5, 5.41) is 14.1. The van der Waals surface area contributed by atoms with E-state index in [-0.39, 0.29) is 5.69 Å². The second kappa shape index (κ2) is 6.74. The van der Waals surface area contributed by atoms with E-state index in [1.54, 1.807) is 6.26 Å². The summed E-state index contributed by atoms with van der Waals surface area (Å²) in [6.45, 7) is 5.72. The number of anilines is 2. The van der Waals surface area contributed by atoms with Crippen LogP contribution in [0.2, 0.25) is 0 Å². The van der Waals surface area contributed by atoms with Gasteiger partial charge in [0.2, 0.25) is 0 Å². The molecule has 0 bridgehead atoms. The van der Waals surface area contributed by atoms with Crippen molar-refractivity contribution in [3.8, 4) is 0 Å². The average molecular weight is 290 g/mol. The standard InChI is InChI=1S/C14H18N4O3/c1-3-15-13-8-11(18(19)20)9-14(16-13)17(4-2)10-12-6-5-7-21-12/h5-9H,3-4,10H2,1-2H3,(H,15,16). The Labute approximate surface area is 122 Å². The van der Waals surface area contributed by atoms with Crippen LogP contribution in [0.3, 0.4) is 0 Å². The number of rotatable bonds is 7. The molecule has 2 rings (SSSR count). The fourth-order valence-electron chi connectivity index (χ4n) is 1.99. The molecule has 0 amide bonds. The molecule has 0 spiro atoms. The third-order valence-electron chi connectivity index (χ3n) is 3.00. The van der Waals surface area contributed by atoms with Crippen LogP contribution in [0.4, 0.5) is 17.3 Å². The lowest BCUT2D eigenvalue weighted by Gasteiger charge is -2.21. The largest absolute Gasteiger partial charge is 0.467 e. The maximum Gasteiger partial charge on any atom is 0.276 e. The van der Waals surface area contributed by atoms with Crippen molar-refractivity contribution in [1.29, 1.82) is 0 Å². The second-order valence-corrected chi connectivity index (χ2v) is 4.45. The number of hydrogen-bond donors (Lipinski definition) is 1. The first-order chi connectivity index (χ1) is 10.1. The predicted octanol–water partition coefficient (Wildman–Crippen LogP) is 3.04. The molecule has 0 saturated heterocycles. The van der Waals surface area contributed by atoms with Crippen LogP contribution >= 0.6 is 0 Å². The van der Waals surface area contributed by atoms with Crippen molar-refractivity contribution < 1.29 is 9.34 Å². The Hall–Kier alpha value is -2.57. The van der Waals surface area contributed by atoms with Gasteiger partial charge >= 0.3 is 0 Å². The van der Waals surface area contributed by atoms with Gasteiger partial charge in [0.25, 0.3) is 5.69 Å². The second-order valence-electron chi connectivity index (χ2n) is 4.45. The van der Waals surface area contributed by atoms with Crippen LogP contribution in [0.1, 0.15) is 19.6 Å². The Morgan fingerprint density at radius 2 is 2.24 bits per heavy atom. The Kier molecular flexibility index (Phi) is 4.76. The third-order valence-corrected chi connectivity index (χ3v) is 3.00. The molecule has 0 aliphatic rings. The van der Waals surface area contributed by atoms with Gasteiger partial charge < -0.3 is 14.6 Å². The smallest absolute Gasteiger partial charge is 0.276 e. The quantitative estimate of drug-likeness (QED) is 0.623. The number of nitrogens with zero attached hydrogens (tertiary/aromatic N) is 3. The molecular formula is C14H18N4O3. The molecule has 0 unspecified atom stereocenters. The maximum atomic E-state index is 11.1. The van der Waals surface area contributed by atoms with Crippen molar-refractivity contribution in [2.24, 2.45) is 0 Å². The molecule has 7 heteroatoms. The van der Waals surface area contributed by atoms with Gasteiger partial charge in [0.05, 0.1) is 29.9 Å². The molecule has 2 heterocycles. The van der Waals surface area contributed by atoms with Crippen molar-refractivity contribution >= 4 is 17.3 Å². The van der Waals surface area contributed by atoms with Crippen LogP contribution < -0.4 is 10.2 Å². The molecule has 0 aliphatic heterocycles. The van der Waals surface area contributed by atoms with E-state index in [1.165, 1.54) is 12.1 Å². The van der Waals surface area contributed by atoms with Crippen molar-refractivity contribution in [3.63, 3.8) is 0 Å². The van der Waals surface area contributed by atoms with E-state index < -0.39 is 4.92 Å². The Morgan fingerprint density at radius 3 is 2.81 bits per heavy atom. The number of furan rings is 1. The topological polar surface area (TPSA) is 84.4 Å². The molecule has 0 aliphatic carbocycles. The summed E-state index contributed by atoms with van der Waals surface area (Å²) < 4.78 is 5.32. The minimum absolute atomic E-state index is 0.0221. The van der Waals surface area contributed by atoms with Gasteiger partial charge in [-0.2, -0.15) is 0 Å². The van der Waals surface area contributed by atoms with E-state index in [0.717, 1.165) is 5.76 Å². The van der Waals surface area contributed by atoms with E-state index in [1.807, 2.05) is 30.9 Å². The SMILES string of the molecule is CCNc1cc([N+](=O)[O-])cc(N(CC)Cc2ccco2)n1. The van der Waals surface area contributed by atoms with Crippen molar-refractivity contribution in [1.82, 2.24) is 4.98 Å². The average Bonchev–Trinajstić information content (AvgIpc) is 2.97. The van der Waals surface area contributed by atoms with E-state index >= 15 is 0 Å². The molecule has 21 heavy (non-hydrogen) atoms. The monoisotopic (exact) mass is 290 g/mol. The zero-order valence-corrected chi connectivity index (χ0v) is 12.1. The molecule has 2 aromatic rings. The van der Waals surface area contributed by atoms with Gasteiger partial charge in [-0.05, 0) is 26.0 Å². The summed E-state index contributed by atoms with van der Waals surface area (Å²) in [5.74, 6) is 1.84. The Morgan fingerprint density at radius 1 is 1.43 bits per heavy atom. The highest BCUT2D eigenvalue weighted by Gasteiger charge is 2.16. The number of nitro groups is 1. The first-order valence-corrected chi connectivity index (χ1v) is 6.81. The number of aromatic nitrogens is 1. The van der Waals surface area contributed by atoms with Gasteiger partial charge in [0.1, 0.15) is 17.4 Å². The van der Waals surface area contributed by atoms with Crippen LogP contribution in [0.15, 0.2) is 34.9 Å². The minimum atomic E-state index is -0.410. The van der Waals surface area contributed by atoms with Gasteiger partial charge in [-0.25, -0.2) is 4.98 Å². The van der Waals surface area contributed by atoms with E-state index in [0.29, 0.717) is 31.3 Å². The lowest BCUT2D eigenvalue weighted by Crippen LogP contribution is -2.23. The van der Waals surface area contributed by atoms with Crippen LogP contribution in [0, 0.1) is 10.1 Å². The number of pyridine rings is 1. The fraction of sp³-hybridized carbons (Fsp3) is 0.357. The van der Waals surface area contributed by atoms with E-state index in [2.05, 4.69) is 10.3 Å². The minimum Gasteiger partial charge on any atom is -0.467 e. The maximum absolute atomic E-state index is 11.1. The van der Waals surface area contributed by atoms with E-state index in [9.17, 15) is 10.1 Å². The van der Waals surface area contributed by atoms with Crippen molar-refractivity contribution in [2.75, 3.05) is 23.3 Å². The van der Waals surface area contributed by atoms with Crippen LogP contribution in [0.5, 0.6) is 0 Å². The molecule has 112 valence electrons. The predicted molar refractivity (Wildman–Crippen MR) is 80.5 cm³/mol. The van der Waals surface area contributed by atoms with Gasteiger partial charge in [-0.1, -0.05) is 0 Å². The van der Waals surface area contributed by atoms with Crippen molar-refractivity contribution in [2.45, 2.75) is 20.4 Å². The Bertz CT molecular complexity index is 598. The molecule has 2 aromatic heterocycles. The van der Waals surface area contributed by atoms with Crippen LogP contribution in [-0.4, -0.2) is 23.0 Å². The number of hydrogen-bond acceptors (Lipinski definition) is 6. The first kappa shape index (κ1) is 14.8. The summed E-state index contributed by atoms with van der Waals surface area (Å²) in [6.07, 6.45) is 1.61. The molecule has 0 aromatic carbocycles. The summed E-state index contributed by atoms with van der Waals surface area (Å²) >= 11 is 0. The van der Waals surface area contributed by atoms with Crippen LogP contribution in [-0.2, 0) is 6.54 Å². The molecule has 0 saturated carbocycles.